The van der Waals surface area contributed by atoms with Crippen molar-refractivity contribution in [1.29, 1.82) is 0 Å². The number of aliphatic hydroxyl groups excluding tert-OH is 4. The molecule has 0 amide bonds. The lowest BCUT2D eigenvalue weighted by atomic mass is 9.99. The summed E-state index contributed by atoms with van der Waals surface area (Å²) in [7, 11) is 0. The second-order valence-electron chi connectivity index (χ2n) is 7.05. The minimum absolute atomic E-state index is 0.00796. The number of ether oxygens (including phenoxy) is 1. The Kier molecular flexibility index (Phi) is 4.53. The van der Waals surface area contributed by atoms with Crippen LogP contribution < -0.4 is 5.32 Å². The molecule has 1 saturated carbocycles. The van der Waals surface area contributed by atoms with Gasteiger partial charge in [0.15, 0.2) is 23.2 Å². The van der Waals surface area contributed by atoms with Crippen molar-refractivity contribution in [3.8, 4) is 0 Å². The number of nitrogens with zero attached hydrogens (tertiary/aromatic N) is 4. The molecule has 26 heavy (non-hydrogen) atoms. The molecule has 2 aromatic heterocycles. The first-order chi connectivity index (χ1) is 12.6. The number of nitrogens with one attached hydrogen (secondary N) is 1. The molecule has 142 valence electrons. The van der Waals surface area contributed by atoms with Crippen LogP contribution in [0.15, 0.2) is 12.7 Å². The average Bonchev–Trinajstić information content (AvgIpc) is 3.35. The van der Waals surface area contributed by atoms with Gasteiger partial charge < -0.3 is 30.5 Å². The van der Waals surface area contributed by atoms with Crippen LogP contribution in [-0.2, 0) is 4.74 Å². The van der Waals surface area contributed by atoms with E-state index in [4.69, 9.17) is 4.74 Å². The molecule has 1 aliphatic carbocycles. The third-order valence-electron chi connectivity index (χ3n) is 5.40. The van der Waals surface area contributed by atoms with Gasteiger partial charge in [0.1, 0.15) is 24.6 Å². The van der Waals surface area contributed by atoms with Crippen LogP contribution in [0.2, 0.25) is 0 Å². The molecule has 3 heterocycles. The van der Waals surface area contributed by atoms with Crippen LogP contribution in [0.3, 0.4) is 0 Å². The first-order valence-electron chi connectivity index (χ1n) is 8.77. The van der Waals surface area contributed by atoms with E-state index in [0.717, 1.165) is 25.7 Å². The van der Waals surface area contributed by atoms with E-state index in [1.54, 1.807) is 0 Å². The first-order valence-corrected chi connectivity index (χ1v) is 8.77. The monoisotopic (exact) mass is 365 g/mol. The van der Waals surface area contributed by atoms with Crippen molar-refractivity contribution in [2.45, 2.75) is 55.8 Å². The van der Waals surface area contributed by atoms with Crippen LogP contribution in [0, 0.1) is 0 Å². The van der Waals surface area contributed by atoms with Gasteiger partial charge >= 0.3 is 0 Å². The van der Waals surface area contributed by atoms with E-state index in [9.17, 15) is 20.4 Å². The zero-order valence-electron chi connectivity index (χ0n) is 14.2. The Morgan fingerprint density at radius 1 is 1.15 bits per heavy atom. The number of hydrogen-bond donors (Lipinski definition) is 5. The summed E-state index contributed by atoms with van der Waals surface area (Å²) in [5.74, 6) is 0.511. The maximum atomic E-state index is 10.2. The van der Waals surface area contributed by atoms with E-state index in [-0.39, 0.29) is 6.61 Å². The molecule has 5 N–H and O–H groups in total. The highest BCUT2D eigenvalue weighted by Gasteiger charge is 2.44. The summed E-state index contributed by atoms with van der Waals surface area (Å²) in [6, 6.07) is 0. The highest BCUT2D eigenvalue weighted by molar-refractivity contribution is 5.83. The number of aliphatic hydroxyl groups is 4. The second-order valence-corrected chi connectivity index (χ2v) is 7.05. The van der Waals surface area contributed by atoms with Gasteiger partial charge in [-0.15, -0.1) is 0 Å². The predicted molar refractivity (Wildman–Crippen MR) is 90.2 cm³/mol. The van der Waals surface area contributed by atoms with Gasteiger partial charge in [-0.25, -0.2) is 15.0 Å². The molecular formula is C16H23N5O5. The molecule has 0 aromatic carbocycles. The minimum atomic E-state index is -1.21. The number of imidazole rings is 1. The molecule has 0 spiro atoms. The number of fused-ring (bicyclic) bond motifs is 1. The van der Waals surface area contributed by atoms with Crippen LogP contribution >= 0.6 is 0 Å². The molecule has 0 radical (unpaired) electrons. The van der Waals surface area contributed by atoms with E-state index < -0.39 is 36.7 Å². The summed E-state index contributed by atoms with van der Waals surface area (Å²) in [4.78, 5) is 12.8. The smallest absolute Gasteiger partial charge is 0.167 e. The van der Waals surface area contributed by atoms with Gasteiger partial charge in [-0.3, -0.25) is 4.57 Å². The van der Waals surface area contributed by atoms with Crippen LogP contribution in [0.25, 0.3) is 11.2 Å². The van der Waals surface area contributed by atoms with E-state index in [0.29, 0.717) is 17.0 Å². The summed E-state index contributed by atoms with van der Waals surface area (Å²) >= 11 is 0. The molecule has 1 aliphatic heterocycles. The van der Waals surface area contributed by atoms with Crippen molar-refractivity contribution in [3.63, 3.8) is 0 Å². The molecule has 2 aliphatic rings. The SMILES string of the molecule is OC[C@H]1O[C@@H](n2cnc3c(NC4(CO)CCCC4)ncnc32)[C@H](O)[C@@H]1O. The van der Waals surface area contributed by atoms with Gasteiger partial charge in [-0.05, 0) is 12.8 Å². The lowest BCUT2D eigenvalue weighted by Crippen LogP contribution is -2.39. The standard InChI is InChI=1S/C16H23N5O5/c22-5-9-11(24)12(25)15(26-9)21-8-19-10-13(17-7-18-14(10)21)20-16(6-23)3-1-2-4-16/h7-9,11-12,15,22-25H,1-6H2,(H,17,18,20)/t9-,11-,12-,15-/m1/s1. The Balaban J connectivity index is 1.67. The summed E-state index contributed by atoms with van der Waals surface area (Å²) in [5, 5.41) is 42.6. The van der Waals surface area contributed by atoms with E-state index in [1.807, 2.05) is 0 Å². The van der Waals surface area contributed by atoms with Crippen molar-refractivity contribution in [2.75, 3.05) is 18.5 Å². The maximum Gasteiger partial charge on any atom is 0.167 e. The zero-order valence-corrected chi connectivity index (χ0v) is 14.2. The quantitative estimate of drug-likeness (QED) is 0.457. The van der Waals surface area contributed by atoms with Gasteiger partial charge in [-0.1, -0.05) is 12.8 Å². The van der Waals surface area contributed by atoms with Crippen molar-refractivity contribution in [2.24, 2.45) is 0 Å². The fraction of sp³-hybridized carbons (Fsp3) is 0.688. The summed E-state index contributed by atoms with van der Waals surface area (Å²) in [5.41, 5.74) is 0.514. The van der Waals surface area contributed by atoms with Crippen molar-refractivity contribution >= 4 is 17.0 Å². The Hall–Kier alpha value is -1.85. The molecule has 10 nitrogen and oxygen atoms in total. The van der Waals surface area contributed by atoms with Crippen LogP contribution in [0.1, 0.15) is 31.9 Å². The molecule has 2 fully saturated rings. The Bertz CT molecular complexity index is 777. The number of anilines is 1. The molecule has 4 atom stereocenters. The molecule has 10 heteroatoms. The molecule has 2 aromatic rings. The fourth-order valence-electron chi connectivity index (χ4n) is 3.87. The zero-order chi connectivity index (χ0) is 18.3. The first kappa shape index (κ1) is 17.6. The van der Waals surface area contributed by atoms with Gasteiger partial charge in [0.05, 0.1) is 25.1 Å². The van der Waals surface area contributed by atoms with E-state index in [2.05, 4.69) is 20.3 Å². The van der Waals surface area contributed by atoms with Crippen molar-refractivity contribution in [1.82, 2.24) is 19.5 Å². The molecule has 4 rings (SSSR count). The highest BCUT2D eigenvalue weighted by Crippen LogP contribution is 2.35. The van der Waals surface area contributed by atoms with Crippen molar-refractivity contribution < 1.29 is 25.2 Å². The lowest BCUT2D eigenvalue weighted by molar-refractivity contribution is -0.0511. The van der Waals surface area contributed by atoms with Crippen LogP contribution in [-0.4, -0.2) is 77.0 Å². The predicted octanol–water partition coefficient (Wildman–Crippen LogP) is -0.845. The Morgan fingerprint density at radius 2 is 1.92 bits per heavy atom. The minimum Gasteiger partial charge on any atom is -0.394 e. The third-order valence-corrected chi connectivity index (χ3v) is 5.40. The van der Waals surface area contributed by atoms with Gasteiger partial charge in [-0.2, -0.15) is 0 Å². The molecule has 0 bridgehead atoms. The fourth-order valence-corrected chi connectivity index (χ4v) is 3.87. The molecule has 0 unspecified atom stereocenters. The van der Waals surface area contributed by atoms with Crippen molar-refractivity contribution in [3.05, 3.63) is 12.7 Å². The van der Waals surface area contributed by atoms with Gasteiger partial charge in [0, 0.05) is 0 Å². The number of hydrogen-bond acceptors (Lipinski definition) is 9. The summed E-state index contributed by atoms with van der Waals surface area (Å²) in [6.45, 7) is -0.393. The summed E-state index contributed by atoms with van der Waals surface area (Å²) in [6.07, 6.45) is 2.44. The number of rotatable bonds is 5. The van der Waals surface area contributed by atoms with Gasteiger partial charge in [0.2, 0.25) is 0 Å². The molecule has 1 saturated heterocycles. The third kappa shape index (κ3) is 2.74. The maximum absolute atomic E-state index is 10.2. The van der Waals surface area contributed by atoms with E-state index in [1.165, 1.54) is 17.2 Å². The average molecular weight is 365 g/mol. The topological polar surface area (TPSA) is 146 Å². The lowest BCUT2D eigenvalue weighted by Gasteiger charge is -2.28. The second kappa shape index (κ2) is 6.71. The normalized spacial score (nSPS) is 30.9. The largest absolute Gasteiger partial charge is 0.394 e. The van der Waals surface area contributed by atoms with E-state index >= 15 is 0 Å². The molecular weight excluding hydrogens is 342 g/mol. The van der Waals surface area contributed by atoms with Crippen LogP contribution in [0.5, 0.6) is 0 Å². The van der Waals surface area contributed by atoms with Crippen LogP contribution in [0.4, 0.5) is 5.82 Å². The highest BCUT2D eigenvalue weighted by atomic mass is 16.6. The Morgan fingerprint density at radius 3 is 2.58 bits per heavy atom. The van der Waals surface area contributed by atoms with Gasteiger partial charge in [0.25, 0.3) is 0 Å². The Labute approximate surface area is 149 Å². The summed E-state index contributed by atoms with van der Waals surface area (Å²) < 4.78 is 7.07. The number of aromatic nitrogens is 4.